The second-order valence-electron chi connectivity index (χ2n) is 8.57. The number of carbonyl (C=O) groups is 1. The van der Waals surface area contributed by atoms with E-state index in [1.54, 1.807) is 25.3 Å². The fourth-order valence-electron chi connectivity index (χ4n) is 4.55. The van der Waals surface area contributed by atoms with Crippen molar-refractivity contribution in [2.45, 2.75) is 43.9 Å². The Kier molecular flexibility index (Phi) is 7.27. The Morgan fingerprint density at radius 1 is 1.12 bits per heavy atom. The number of likely N-dealkylation sites (tertiary alicyclic amines) is 1. The van der Waals surface area contributed by atoms with Crippen molar-refractivity contribution in [3.63, 3.8) is 0 Å². The number of piperidine rings is 1. The zero-order valence-electron chi connectivity index (χ0n) is 18.5. The zero-order chi connectivity index (χ0) is 22.4. The van der Waals surface area contributed by atoms with Gasteiger partial charge in [0.25, 0.3) is 5.91 Å². The first kappa shape index (κ1) is 22.6. The quantitative estimate of drug-likeness (QED) is 0.678. The molecule has 1 N–H and O–H groups in total. The molecule has 4 rings (SSSR count). The summed E-state index contributed by atoms with van der Waals surface area (Å²) in [6.45, 7) is 2.83. The summed E-state index contributed by atoms with van der Waals surface area (Å²) in [7, 11) is 1.57. The fraction of sp³-hybridized carbons (Fsp3) is 0.480. The third-order valence-corrected chi connectivity index (χ3v) is 6.41. The Morgan fingerprint density at radius 3 is 2.59 bits per heavy atom. The van der Waals surface area contributed by atoms with E-state index < -0.39 is 0 Å². The summed E-state index contributed by atoms with van der Waals surface area (Å²) in [6, 6.07) is 14.2. The minimum atomic E-state index is -0.180. The number of benzene rings is 2. The Labute approximate surface area is 188 Å². The number of nitrogens with zero attached hydrogens (tertiary/aromatic N) is 1. The Hall–Kier alpha value is -2.64. The van der Waals surface area contributed by atoms with E-state index in [2.05, 4.69) is 10.2 Å². The smallest absolute Gasteiger partial charge is 0.258 e. The van der Waals surface area contributed by atoms with Gasteiger partial charge in [-0.3, -0.25) is 9.69 Å². The lowest BCUT2D eigenvalue weighted by Gasteiger charge is -2.39. The standard InChI is InChI=1S/C25H31FN2O4/c1-30-22-8-4-5-9-23(22)31-18-24(29)27-16-20-10-11-25(32-20)12-14-28(15-13-25)17-19-6-2-3-7-21(19)26/h2-9,20H,10-18H2,1H3,(H,27,29)/t20-/m1/s1. The lowest BCUT2D eigenvalue weighted by Crippen LogP contribution is -2.45. The fourth-order valence-corrected chi connectivity index (χ4v) is 4.55. The number of halogens is 1. The number of carbonyl (C=O) groups excluding carboxylic acids is 1. The molecule has 7 heteroatoms. The van der Waals surface area contributed by atoms with Gasteiger partial charge in [-0.1, -0.05) is 30.3 Å². The van der Waals surface area contributed by atoms with E-state index >= 15 is 0 Å². The average Bonchev–Trinajstić information content (AvgIpc) is 3.22. The van der Waals surface area contributed by atoms with Crippen LogP contribution in [0, 0.1) is 5.82 Å². The molecule has 2 aliphatic rings. The van der Waals surface area contributed by atoms with Crippen LogP contribution in [-0.4, -0.2) is 55.9 Å². The van der Waals surface area contributed by atoms with E-state index in [0.717, 1.165) is 44.3 Å². The minimum absolute atomic E-state index is 0.0170. The second kappa shape index (κ2) is 10.3. The van der Waals surface area contributed by atoms with E-state index in [-0.39, 0.29) is 30.0 Å². The molecule has 0 radical (unpaired) electrons. The molecule has 1 amide bonds. The van der Waals surface area contributed by atoms with Gasteiger partial charge in [0.1, 0.15) is 5.82 Å². The molecule has 0 bridgehead atoms. The van der Waals surface area contributed by atoms with Gasteiger partial charge in [-0.2, -0.15) is 0 Å². The summed E-state index contributed by atoms with van der Waals surface area (Å²) in [5, 5.41) is 2.92. The molecule has 2 saturated heterocycles. The highest BCUT2D eigenvalue weighted by Gasteiger charge is 2.42. The van der Waals surface area contributed by atoms with Crippen molar-refractivity contribution < 1.29 is 23.4 Å². The minimum Gasteiger partial charge on any atom is -0.493 e. The van der Waals surface area contributed by atoms with Gasteiger partial charge in [0.2, 0.25) is 0 Å². The van der Waals surface area contributed by atoms with Crippen LogP contribution in [0.15, 0.2) is 48.5 Å². The van der Waals surface area contributed by atoms with Crippen LogP contribution in [0.4, 0.5) is 4.39 Å². The number of rotatable bonds is 8. The molecule has 2 aromatic carbocycles. The molecule has 1 atom stereocenters. The third-order valence-electron chi connectivity index (χ3n) is 6.41. The third kappa shape index (κ3) is 5.58. The highest BCUT2D eigenvalue weighted by Crippen LogP contribution is 2.39. The molecule has 6 nitrogen and oxygen atoms in total. The highest BCUT2D eigenvalue weighted by molar-refractivity contribution is 5.77. The van der Waals surface area contributed by atoms with Crippen LogP contribution in [0.3, 0.4) is 0 Å². The SMILES string of the molecule is COc1ccccc1OCC(=O)NC[C@H]1CCC2(CCN(Cc3ccccc3F)CC2)O1. The summed E-state index contributed by atoms with van der Waals surface area (Å²) in [4.78, 5) is 14.5. The first-order valence-corrected chi connectivity index (χ1v) is 11.2. The number of methoxy groups -OCH3 is 1. The average molecular weight is 443 g/mol. The van der Waals surface area contributed by atoms with E-state index in [1.807, 2.05) is 24.3 Å². The van der Waals surface area contributed by atoms with Crippen LogP contribution in [-0.2, 0) is 16.1 Å². The predicted octanol–water partition coefficient (Wildman–Crippen LogP) is 3.54. The number of hydrogen-bond acceptors (Lipinski definition) is 5. The van der Waals surface area contributed by atoms with Crippen LogP contribution in [0.25, 0.3) is 0 Å². The molecule has 0 saturated carbocycles. The van der Waals surface area contributed by atoms with Crippen LogP contribution >= 0.6 is 0 Å². The normalized spacial score (nSPS) is 20.2. The van der Waals surface area contributed by atoms with E-state index in [9.17, 15) is 9.18 Å². The molecule has 0 aliphatic carbocycles. The summed E-state index contributed by atoms with van der Waals surface area (Å²) >= 11 is 0. The Balaban J connectivity index is 1.18. The molecule has 2 fully saturated rings. The van der Waals surface area contributed by atoms with Gasteiger partial charge in [-0.15, -0.1) is 0 Å². The van der Waals surface area contributed by atoms with E-state index in [1.165, 1.54) is 6.07 Å². The van der Waals surface area contributed by atoms with Crippen molar-refractivity contribution in [3.05, 3.63) is 59.9 Å². The van der Waals surface area contributed by atoms with Crippen molar-refractivity contribution >= 4 is 5.91 Å². The Bertz CT molecular complexity index is 914. The topological polar surface area (TPSA) is 60.0 Å². The molecule has 2 aliphatic heterocycles. The van der Waals surface area contributed by atoms with Crippen molar-refractivity contribution in [1.82, 2.24) is 10.2 Å². The molecule has 1 spiro atoms. The van der Waals surface area contributed by atoms with Crippen molar-refractivity contribution in [3.8, 4) is 11.5 Å². The molecule has 32 heavy (non-hydrogen) atoms. The zero-order valence-corrected chi connectivity index (χ0v) is 18.5. The van der Waals surface area contributed by atoms with Crippen molar-refractivity contribution in [1.29, 1.82) is 0 Å². The van der Waals surface area contributed by atoms with Gasteiger partial charge in [-0.25, -0.2) is 4.39 Å². The maximum Gasteiger partial charge on any atom is 0.258 e. The number of amides is 1. The summed E-state index contributed by atoms with van der Waals surface area (Å²) in [5.74, 6) is 0.821. The van der Waals surface area contributed by atoms with Gasteiger partial charge >= 0.3 is 0 Å². The first-order chi connectivity index (χ1) is 15.6. The van der Waals surface area contributed by atoms with Crippen LogP contribution in [0.1, 0.15) is 31.2 Å². The van der Waals surface area contributed by atoms with Gasteiger partial charge in [-0.05, 0) is 43.9 Å². The molecule has 2 aromatic rings. The summed E-state index contributed by atoms with van der Waals surface area (Å²) in [5.41, 5.74) is 0.626. The lowest BCUT2D eigenvalue weighted by molar-refractivity contribution is -0.124. The lowest BCUT2D eigenvalue weighted by atomic mass is 9.88. The molecule has 0 unspecified atom stereocenters. The predicted molar refractivity (Wildman–Crippen MR) is 119 cm³/mol. The summed E-state index contributed by atoms with van der Waals surface area (Å²) < 4.78 is 31.1. The number of para-hydroxylation sites is 2. The second-order valence-corrected chi connectivity index (χ2v) is 8.57. The summed E-state index contributed by atoms with van der Waals surface area (Å²) in [6.07, 6.45) is 3.81. The van der Waals surface area contributed by atoms with Crippen LogP contribution < -0.4 is 14.8 Å². The monoisotopic (exact) mass is 442 g/mol. The number of nitrogens with one attached hydrogen (secondary N) is 1. The van der Waals surface area contributed by atoms with Gasteiger partial charge < -0.3 is 19.5 Å². The Morgan fingerprint density at radius 2 is 1.84 bits per heavy atom. The van der Waals surface area contributed by atoms with Crippen LogP contribution in [0.2, 0.25) is 0 Å². The molecular weight excluding hydrogens is 411 g/mol. The van der Waals surface area contributed by atoms with Gasteiger partial charge in [0, 0.05) is 31.7 Å². The maximum absolute atomic E-state index is 13.9. The van der Waals surface area contributed by atoms with E-state index in [4.69, 9.17) is 14.2 Å². The van der Waals surface area contributed by atoms with Crippen molar-refractivity contribution in [2.75, 3.05) is 33.4 Å². The van der Waals surface area contributed by atoms with Gasteiger partial charge in [0.15, 0.2) is 18.1 Å². The maximum atomic E-state index is 13.9. The molecule has 172 valence electrons. The molecule has 2 heterocycles. The first-order valence-electron chi connectivity index (χ1n) is 11.2. The highest BCUT2D eigenvalue weighted by atomic mass is 19.1. The number of hydrogen-bond donors (Lipinski definition) is 1. The van der Waals surface area contributed by atoms with Crippen molar-refractivity contribution in [2.24, 2.45) is 0 Å². The largest absolute Gasteiger partial charge is 0.493 e. The van der Waals surface area contributed by atoms with E-state index in [0.29, 0.717) is 24.6 Å². The van der Waals surface area contributed by atoms with Gasteiger partial charge in [0.05, 0.1) is 18.8 Å². The van der Waals surface area contributed by atoms with Crippen LogP contribution in [0.5, 0.6) is 11.5 Å². The molecule has 0 aromatic heterocycles. The molecular formula is C25H31FN2O4. The number of ether oxygens (including phenoxy) is 3.